The molecule has 1 fully saturated rings. The first-order valence-electron chi connectivity index (χ1n) is 7.44. The number of anilines is 2. The van der Waals surface area contributed by atoms with Crippen LogP contribution in [0.4, 0.5) is 15.9 Å². The van der Waals surface area contributed by atoms with Crippen molar-refractivity contribution in [1.82, 2.24) is 9.97 Å². The van der Waals surface area contributed by atoms with E-state index in [4.69, 9.17) is 11.6 Å². The van der Waals surface area contributed by atoms with Crippen LogP contribution < -0.4 is 4.90 Å². The number of nitrogens with zero attached hydrogens (tertiary/aromatic N) is 3. The number of aromatic nitrogens is 2. The van der Waals surface area contributed by atoms with Gasteiger partial charge in [-0.15, -0.1) is 0 Å². The van der Waals surface area contributed by atoms with Gasteiger partial charge in [-0.1, -0.05) is 25.4 Å². The van der Waals surface area contributed by atoms with E-state index in [0.717, 1.165) is 36.6 Å². The van der Waals surface area contributed by atoms with Crippen molar-refractivity contribution >= 4 is 23.1 Å². The highest BCUT2D eigenvalue weighted by Gasteiger charge is 2.57. The highest BCUT2D eigenvalue weighted by molar-refractivity contribution is 6.30. The molecule has 1 aliphatic carbocycles. The number of fused-ring (bicyclic) bond motifs is 2. The van der Waals surface area contributed by atoms with Gasteiger partial charge in [0.15, 0.2) is 5.82 Å². The average molecular weight is 318 g/mol. The third-order valence-electron chi connectivity index (χ3n) is 4.75. The van der Waals surface area contributed by atoms with Crippen molar-refractivity contribution in [3.05, 3.63) is 47.1 Å². The minimum absolute atomic E-state index is 0.0448. The van der Waals surface area contributed by atoms with Crippen LogP contribution in [0.1, 0.15) is 32.4 Å². The zero-order valence-electron chi connectivity index (χ0n) is 12.6. The van der Waals surface area contributed by atoms with Crippen LogP contribution in [-0.4, -0.2) is 16.5 Å². The molecule has 4 rings (SSSR count). The fourth-order valence-corrected chi connectivity index (χ4v) is 4.40. The lowest BCUT2D eigenvalue weighted by Crippen LogP contribution is -2.49. The van der Waals surface area contributed by atoms with E-state index < -0.39 is 5.82 Å². The van der Waals surface area contributed by atoms with E-state index in [1.165, 1.54) is 6.07 Å². The van der Waals surface area contributed by atoms with Gasteiger partial charge in [-0.2, -0.15) is 0 Å². The molecule has 3 nitrogen and oxygen atoms in total. The summed E-state index contributed by atoms with van der Waals surface area (Å²) in [5.74, 6) is 0.444. The Bertz CT molecular complexity index is 751. The Kier molecular flexibility index (Phi) is 2.80. The molecule has 2 heterocycles. The van der Waals surface area contributed by atoms with Gasteiger partial charge in [0.2, 0.25) is 0 Å². The third-order valence-corrected chi connectivity index (χ3v) is 5.05. The molecular weight excluding hydrogens is 301 g/mol. The number of halogens is 2. The fourth-order valence-electron chi connectivity index (χ4n) is 4.28. The molecule has 1 aliphatic heterocycles. The minimum Gasteiger partial charge on any atom is -0.324 e. The molecule has 0 atom stereocenters. The van der Waals surface area contributed by atoms with Crippen LogP contribution in [-0.2, 0) is 5.41 Å². The average Bonchev–Trinajstić information content (AvgIpc) is 2.76. The molecule has 1 saturated carbocycles. The van der Waals surface area contributed by atoms with Crippen molar-refractivity contribution in [3.63, 3.8) is 0 Å². The molecule has 0 unspecified atom stereocenters. The van der Waals surface area contributed by atoms with Crippen LogP contribution in [0.2, 0.25) is 5.02 Å². The van der Waals surface area contributed by atoms with Crippen molar-refractivity contribution < 1.29 is 4.39 Å². The van der Waals surface area contributed by atoms with E-state index in [2.05, 4.69) is 28.7 Å². The SMILES string of the molecule is CC1(C)CC2(CN(c3ccc(Cl)c(F)c3)c3nccnc32)C1. The van der Waals surface area contributed by atoms with Crippen molar-refractivity contribution in [2.75, 3.05) is 11.4 Å². The third kappa shape index (κ3) is 1.93. The topological polar surface area (TPSA) is 29.0 Å². The summed E-state index contributed by atoms with van der Waals surface area (Å²) >= 11 is 5.80. The molecule has 5 heteroatoms. The molecule has 114 valence electrons. The van der Waals surface area contributed by atoms with Gasteiger partial charge in [-0.05, 0) is 36.5 Å². The Morgan fingerprint density at radius 1 is 1.18 bits per heavy atom. The quantitative estimate of drug-likeness (QED) is 0.776. The monoisotopic (exact) mass is 317 g/mol. The van der Waals surface area contributed by atoms with E-state index in [-0.39, 0.29) is 10.4 Å². The van der Waals surface area contributed by atoms with Gasteiger partial charge in [0.1, 0.15) is 5.82 Å². The zero-order chi connectivity index (χ0) is 15.5. The predicted molar refractivity (Wildman–Crippen MR) is 85.1 cm³/mol. The van der Waals surface area contributed by atoms with E-state index >= 15 is 0 Å². The molecule has 1 aromatic heterocycles. The largest absolute Gasteiger partial charge is 0.324 e. The number of rotatable bonds is 1. The summed E-state index contributed by atoms with van der Waals surface area (Å²) in [7, 11) is 0. The molecule has 1 spiro atoms. The van der Waals surface area contributed by atoms with Crippen LogP contribution >= 0.6 is 11.6 Å². The van der Waals surface area contributed by atoms with E-state index in [0.29, 0.717) is 5.41 Å². The molecule has 22 heavy (non-hydrogen) atoms. The Morgan fingerprint density at radius 2 is 1.91 bits per heavy atom. The van der Waals surface area contributed by atoms with Crippen molar-refractivity contribution in [2.24, 2.45) is 5.41 Å². The summed E-state index contributed by atoms with van der Waals surface area (Å²) in [6, 6.07) is 4.91. The summed E-state index contributed by atoms with van der Waals surface area (Å²) in [4.78, 5) is 11.2. The Labute approximate surface area is 134 Å². The lowest BCUT2D eigenvalue weighted by Gasteiger charge is -2.51. The van der Waals surface area contributed by atoms with Crippen molar-refractivity contribution in [2.45, 2.75) is 32.1 Å². The molecule has 0 bridgehead atoms. The van der Waals surface area contributed by atoms with Gasteiger partial charge in [-0.25, -0.2) is 9.37 Å². The van der Waals surface area contributed by atoms with Crippen LogP contribution in [0.5, 0.6) is 0 Å². The lowest BCUT2D eigenvalue weighted by atomic mass is 9.54. The first-order valence-corrected chi connectivity index (χ1v) is 7.82. The molecule has 0 radical (unpaired) electrons. The normalized spacial score (nSPS) is 20.8. The van der Waals surface area contributed by atoms with Crippen LogP contribution in [0.15, 0.2) is 30.6 Å². The van der Waals surface area contributed by atoms with E-state index in [1.54, 1.807) is 18.5 Å². The van der Waals surface area contributed by atoms with E-state index in [1.807, 2.05) is 6.07 Å². The molecule has 2 aromatic rings. The molecule has 0 saturated heterocycles. The summed E-state index contributed by atoms with van der Waals surface area (Å²) in [6.45, 7) is 5.36. The molecule has 1 aromatic carbocycles. The Hall–Kier alpha value is -1.68. The smallest absolute Gasteiger partial charge is 0.155 e. The summed E-state index contributed by atoms with van der Waals surface area (Å²) in [5.41, 5.74) is 2.20. The maximum absolute atomic E-state index is 13.8. The van der Waals surface area contributed by atoms with Crippen LogP contribution in [0, 0.1) is 11.2 Å². The first-order chi connectivity index (χ1) is 10.4. The highest BCUT2D eigenvalue weighted by atomic mass is 35.5. The maximum Gasteiger partial charge on any atom is 0.155 e. The predicted octanol–water partition coefficient (Wildman–Crippen LogP) is 4.48. The summed E-state index contributed by atoms with van der Waals surface area (Å²) in [5, 5.41) is 0.141. The molecule has 2 aliphatic rings. The standard InChI is InChI=1S/C17H17ClFN3/c1-16(2)8-17(9-16)10-22(15-14(17)20-5-6-21-15)11-3-4-12(18)13(19)7-11/h3-7H,8-10H2,1-2H3. The molecular formula is C17H17ClFN3. The van der Waals surface area contributed by atoms with E-state index in [9.17, 15) is 4.39 Å². The second-order valence-electron chi connectivity index (χ2n) is 7.21. The van der Waals surface area contributed by atoms with Gasteiger partial charge in [0.05, 0.1) is 10.7 Å². The number of hydrogen-bond donors (Lipinski definition) is 0. The number of benzene rings is 1. The van der Waals surface area contributed by atoms with Crippen molar-refractivity contribution in [1.29, 1.82) is 0 Å². The fraction of sp³-hybridized carbons (Fsp3) is 0.412. The summed E-state index contributed by atoms with van der Waals surface area (Å²) < 4.78 is 13.8. The maximum atomic E-state index is 13.8. The molecule has 0 amide bonds. The zero-order valence-corrected chi connectivity index (χ0v) is 13.4. The summed E-state index contributed by atoms with van der Waals surface area (Å²) in [6.07, 6.45) is 5.61. The molecule has 0 N–H and O–H groups in total. The lowest BCUT2D eigenvalue weighted by molar-refractivity contribution is 0.0671. The first kappa shape index (κ1) is 13.9. The second kappa shape index (κ2) is 4.42. The van der Waals surface area contributed by atoms with Gasteiger partial charge < -0.3 is 4.90 Å². The highest BCUT2D eigenvalue weighted by Crippen LogP contribution is 2.60. The van der Waals surface area contributed by atoms with Crippen LogP contribution in [0.3, 0.4) is 0 Å². The second-order valence-corrected chi connectivity index (χ2v) is 7.62. The number of hydrogen-bond acceptors (Lipinski definition) is 3. The van der Waals surface area contributed by atoms with Gasteiger partial charge in [0, 0.05) is 30.0 Å². The Balaban J connectivity index is 1.78. The van der Waals surface area contributed by atoms with Gasteiger partial charge in [0.25, 0.3) is 0 Å². The van der Waals surface area contributed by atoms with Crippen molar-refractivity contribution in [3.8, 4) is 0 Å². The minimum atomic E-state index is -0.403. The van der Waals surface area contributed by atoms with Crippen LogP contribution in [0.25, 0.3) is 0 Å². The van der Waals surface area contributed by atoms with Gasteiger partial charge in [-0.3, -0.25) is 4.98 Å². The Morgan fingerprint density at radius 3 is 2.59 bits per heavy atom. The van der Waals surface area contributed by atoms with Gasteiger partial charge >= 0.3 is 0 Å².